The number of carbonyl (C=O) groups is 4. The van der Waals surface area contributed by atoms with Gasteiger partial charge in [-0.25, -0.2) is 9.59 Å². The third-order valence-corrected chi connectivity index (χ3v) is 1.95. The quantitative estimate of drug-likeness (QED) is 0.337. The molecule has 0 bridgehead atoms. The molecule has 7 heteroatoms. The SMILES string of the molecule is CC(C)(C)C(=O)OC(=O)CCCOC(=O)/C=C/C(=O)O. The van der Waals surface area contributed by atoms with Gasteiger partial charge in [-0.15, -0.1) is 0 Å². The van der Waals surface area contributed by atoms with Crippen LogP contribution >= 0.6 is 0 Å². The number of aliphatic carboxylic acids is 1. The van der Waals surface area contributed by atoms with Crippen LogP contribution in [0, 0.1) is 5.41 Å². The highest BCUT2D eigenvalue weighted by atomic mass is 16.6. The summed E-state index contributed by atoms with van der Waals surface area (Å²) in [7, 11) is 0. The Morgan fingerprint density at radius 3 is 2.20 bits per heavy atom. The maximum Gasteiger partial charge on any atom is 0.331 e. The van der Waals surface area contributed by atoms with Crippen LogP contribution in [0.15, 0.2) is 12.2 Å². The third-order valence-electron chi connectivity index (χ3n) is 1.95. The molecule has 0 aromatic rings. The number of hydrogen-bond donors (Lipinski definition) is 1. The molecule has 1 N–H and O–H groups in total. The Bertz CT molecular complexity index is 415. The molecule has 0 aliphatic heterocycles. The van der Waals surface area contributed by atoms with Gasteiger partial charge in [0.15, 0.2) is 0 Å². The number of esters is 3. The Labute approximate surface area is 116 Å². The summed E-state index contributed by atoms with van der Waals surface area (Å²) in [6.45, 7) is 4.80. The molecule has 0 radical (unpaired) electrons. The van der Waals surface area contributed by atoms with Gasteiger partial charge in [0.25, 0.3) is 0 Å². The fourth-order valence-electron chi connectivity index (χ4n) is 0.884. The van der Waals surface area contributed by atoms with Crippen molar-refractivity contribution in [1.82, 2.24) is 0 Å². The summed E-state index contributed by atoms with van der Waals surface area (Å²) >= 11 is 0. The molecule has 20 heavy (non-hydrogen) atoms. The minimum atomic E-state index is -1.26. The van der Waals surface area contributed by atoms with Gasteiger partial charge in [-0.1, -0.05) is 0 Å². The Balaban J connectivity index is 3.86. The van der Waals surface area contributed by atoms with Crippen molar-refractivity contribution in [3.8, 4) is 0 Å². The van der Waals surface area contributed by atoms with Crippen LogP contribution in [0.5, 0.6) is 0 Å². The number of carboxylic acids is 1. The summed E-state index contributed by atoms with van der Waals surface area (Å²) < 4.78 is 9.22. The van der Waals surface area contributed by atoms with Gasteiger partial charge in [0.2, 0.25) is 0 Å². The minimum Gasteiger partial charge on any atom is -0.478 e. The second kappa shape index (κ2) is 8.08. The summed E-state index contributed by atoms with van der Waals surface area (Å²) in [4.78, 5) is 43.7. The van der Waals surface area contributed by atoms with E-state index in [4.69, 9.17) is 5.11 Å². The Hall–Kier alpha value is -2.18. The molecule has 0 heterocycles. The van der Waals surface area contributed by atoms with E-state index in [2.05, 4.69) is 9.47 Å². The Kier molecular flexibility index (Phi) is 7.20. The standard InChI is InChI=1S/C13H18O7/c1-13(2,3)12(18)20-11(17)5-4-8-19-10(16)7-6-9(14)15/h6-7H,4-5,8H2,1-3H3,(H,14,15)/b7-6+. The fraction of sp³-hybridized carbons (Fsp3) is 0.538. The molecule has 0 aliphatic rings. The number of carboxylic acid groups (broad SMARTS) is 1. The van der Waals surface area contributed by atoms with Crippen molar-refractivity contribution in [2.24, 2.45) is 5.41 Å². The largest absolute Gasteiger partial charge is 0.478 e. The van der Waals surface area contributed by atoms with Gasteiger partial charge in [0.05, 0.1) is 12.0 Å². The van der Waals surface area contributed by atoms with Crippen molar-refractivity contribution < 1.29 is 33.8 Å². The van der Waals surface area contributed by atoms with Crippen LogP contribution in [-0.2, 0) is 28.7 Å². The maximum absolute atomic E-state index is 11.4. The summed E-state index contributed by atoms with van der Waals surface area (Å²) in [5.41, 5.74) is -0.760. The fourth-order valence-corrected chi connectivity index (χ4v) is 0.884. The molecule has 0 saturated carbocycles. The molecular weight excluding hydrogens is 268 g/mol. The highest BCUT2D eigenvalue weighted by Crippen LogP contribution is 2.15. The first kappa shape index (κ1) is 17.8. The predicted octanol–water partition coefficient (Wildman–Crippen LogP) is 1.07. The van der Waals surface area contributed by atoms with Gasteiger partial charge in [-0.3, -0.25) is 9.59 Å². The average Bonchev–Trinajstić information content (AvgIpc) is 2.30. The van der Waals surface area contributed by atoms with E-state index in [0.29, 0.717) is 6.08 Å². The molecule has 0 atom stereocenters. The molecule has 0 rings (SSSR count). The van der Waals surface area contributed by atoms with E-state index >= 15 is 0 Å². The van der Waals surface area contributed by atoms with Crippen LogP contribution in [0.1, 0.15) is 33.6 Å². The molecule has 0 fully saturated rings. The average molecular weight is 286 g/mol. The summed E-state index contributed by atoms with van der Waals surface area (Å²) in [6.07, 6.45) is 1.53. The van der Waals surface area contributed by atoms with Crippen LogP contribution in [0.4, 0.5) is 0 Å². The number of rotatable bonds is 6. The monoisotopic (exact) mass is 286 g/mol. The molecule has 0 unspecified atom stereocenters. The van der Waals surface area contributed by atoms with Gasteiger partial charge in [0, 0.05) is 18.6 Å². The molecule has 112 valence electrons. The van der Waals surface area contributed by atoms with Crippen molar-refractivity contribution in [3.05, 3.63) is 12.2 Å². The predicted molar refractivity (Wildman–Crippen MR) is 67.5 cm³/mol. The van der Waals surface area contributed by atoms with Crippen LogP contribution in [0.25, 0.3) is 0 Å². The Morgan fingerprint density at radius 2 is 1.70 bits per heavy atom. The lowest BCUT2D eigenvalue weighted by Crippen LogP contribution is -2.25. The summed E-state index contributed by atoms with van der Waals surface area (Å²) in [6, 6.07) is 0. The van der Waals surface area contributed by atoms with E-state index in [-0.39, 0.29) is 19.4 Å². The highest BCUT2D eigenvalue weighted by molar-refractivity contribution is 5.90. The normalized spacial score (nSPS) is 11.2. The van der Waals surface area contributed by atoms with E-state index < -0.39 is 29.3 Å². The van der Waals surface area contributed by atoms with Gasteiger partial charge in [-0.2, -0.15) is 0 Å². The zero-order chi connectivity index (χ0) is 15.8. The first-order chi connectivity index (χ1) is 9.12. The lowest BCUT2D eigenvalue weighted by atomic mass is 9.97. The van der Waals surface area contributed by atoms with E-state index in [0.717, 1.165) is 6.08 Å². The van der Waals surface area contributed by atoms with Gasteiger partial charge in [0.1, 0.15) is 0 Å². The highest BCUT2D eigenvalue weighted by Gasteiger charge is 2.25. The summed E-state index contributed by atoms with van der Waals surface area (Å²) in [5.74, 6) is -3.39. The van der Waals surface area contributed by atoms with Gasteiger partial charge < -0.3 is 14.6 Å². The minimum absolute atomic E-state index is 0.0679. The van der Waals surface area contributed by atoms with Gasteiger partial charge >= 0.3 is 23.9 Å². The lowest BCUT2D eigenvalue weighted by Gasteiger charge is -2.15. The molecular formula is C13H18O7. The number of hydrogen-bond acceptors (Lipinski definition) is 6. The lowest BCUT2D eigenvalue weighted by molar-refractivity contribution is -0.166. The zero-order valence-electron chi connectivity index (χ0n) is 11.7. The van der Waals surface area contributed by atoms with Crippen molar-refractivity contribution in [2.45, 2.75) is 33.6 Å². The van der Waals surface area contributed by atoms with E-state index in [1.165, 1.54) is 0 Å². The first-order valence-corrected chi connectivity index (χ1v) is 5.96. The maximum atomic E-state index is 11.4. The van der Waals surface area contributed by atoms with Crippen LogP contribution in [0.3, 0.4) is 0 Å². The van der Waals surface area contributed by atoms with E-state index in [9.17, 15) is 19.2 Å². The van der Waals surface area contributed by atoms with Crippen molar-refractivity contribution in [1.29, 1.82) is 0 Å². The summed E-state index contributed by atoms with van der Waals surface area (Å²) in [5, 5.41) is 8.27. The first-order valence-electron chi connectivity index (χ1n) is 5.96. The van der Waals surface area contributed by atoms with Crippen molar-refractivity contribution in [2.75, 3.05) is 6.61 Å². The zero-order valence-corrected chi connectivity index (χ0v) is 11.7. The number of carbonyl (C=O) groups excluding carboxylic acids is 3. The van der Waals surface area contributed by atoms with Crippen LogP contribution < -0.4 is 0 Å². The molecule has 0 aliphatic carbocycles. The van der Waals surface area contributed by atoms with Crippen LogP contribution in [-0.4, -0.2) is 35.6 Å². The molecule has 7 nitrogen and oxygen atoms in total. The smallest absolute Gasteiger partial charge is 0.331 e. The topological polar surface area (TPSA) is 107 Å². The molecule has 0 aromatic carbocycles. The van der Waals surface area contributed by atoms with Crippen molar-refractivity contribution >= 4 is 23.9 Å². The molecule has 0 spiro atoms. The second-order valence-corrected chi connectivity index (χ2v) is 4.95. The molecule has 0 aromatic heterocycles. The molecule has 0 saturated heterocycles. The number of ether oxygens (including phenoxy) is 2. The molecule has 0 amide bonds. The van der Waals surface area contributed by atoms with Crippen LogP contribution in [0.2, 0.25) is 0 Å². The van der Waals surface area contributed by atoms with Crippen molar-refractivity contribution in [3.63, 3.8) is 0 Å². The van der Waals surface area contributed by atoms with E-state index in [1.54, 1.807) is 20.8 Å². The second-order valence-electron chi connectivity index (χ2n) is 4.95. The van der Waals surface area contributed by atoms with Gasteiger partial charge in [-0.05, 0) is 27.2 Å². The Morgan fingerprint density at radius 1 is 1.10 bits per heavy atom. The van der Waals surface area contributed by atoms with E-state index in [1.807, 2.05) is 0 Å². The third kappa shape index (κ3) is 8.84.